The normalized spacial score (nSPS) is 25.4. The number of hydrogen-bond donors (Lipinski definition) is 1. The maximum Gasteiger partial charge on any atom is 0.294 e. The molecule has 0 aromatic heterocycles. The van der Waals surface area contributed by atoms with Gasteiger partial charge in [0.05, 0.1) is 29.1 Å². The molecule has 1 saturated carbocycles. The molecule has 1 aliphatic carbocycles. The number of piperazine rings is 1. The molecule has 156 valence electrons. The number of fused-ring (bicyclic) bond motifs is 1. The Morgan fingerprint density at radius 2 is 1.66 bits per heavy atom. The first-order valence-corrected chi connectivity index (χ1v) is 10.3. The molecular weight excluding hydrogens is 376 g/mol. The number of aliphatic hydroxyl groups excluding tert-OH is 1. The fourth-order valence-corrected chi connectivity index (χ4v) is 4.84. The predicted molar refractivity (Wildman–Crippen MR) is 107 cm³/mol. The van der Waals surface area contributed by atoms with Gasteiger partial charge in [-0.3, -0.25) is 24.6 Å². The van der Waals surface area contributed by atoms with Crippen molar-refractivity contribution >= 4 is 28.9 Å². The zero-order valence-corrected chi connectivity index (χ0v) is 16.3. The molecule has 9 heteroatoms. The van der Waals surface area contributed by atoms with E-state index in [1.807, 2.05) is 4.90 Å². The molecule has 2 atom stereocenters. The van der Waals surface area contributed by atoms with E-state index >= 15 is 0 Å². The Balaban J connectivity index is 1.59. The highest BCUT2D eigenvalue weighted by atomic mass is 16.6. The van der Waals surface area contributed by atoms with E-state index in [2.05, 4.69) is 4.90 Å². The van der Waals surface area contributed by atoms with Gasteiger partial charge in [0, 0.05) is 38.8 Å². The summed E-state index contributed by atoms with van der Waals surface area (Å²) >= 11 is 0. The molecule has 2 heterocycles. The van der Waals surface area contributed by atoms with Crippen molar-refractivity contribution in [2.75, 3.05) is 49.1 Å². The fraction of sp³-hybridized carbons (Fsp3) is 0.600. The summed E-state index contributed by atoms with van der Waals surface area (Å²) < 4.78 is 0. The van der Waals surface area contributed by atoms with Crippen LogP contribution in [0.4, 0.5) is 17.1 Å². The molecule has 0 radical (unpaired) electrons. The average Bonchev–Trinajstić information content (AvgIpc) is 2.99. The van der Waals surface area contributed by atoms with Crippen LogP contribution in [0.15, 0.2) is 18.2 Å². The van der Waals surface area contributed by atoms with Crippen molar-refractivity contribution in [2.45, 2.75) is 25.7 Å². The van der Waals surface area contributed by atoms with Crippen LogP contribution in [0.5, 0.6) is 0 Å². The summed E-state index contributed by atoms with van der Waals surface area (Å²) in [7, 11) is 0. The van der Waals surface area contributed by atoms with E-state index in [-0.39, 0.29) is 35.9 Å². The van der Waals surface area contributed by atoms with Crippen LogP contribution in [-0.2, 0) is 9.59 Å². The molecular formula is C20H26N4O5. The fourth-order valence-electron chi connectivity index (χ4n) is 4.84. The van der Waals surface area contributed by atoms with Crippen LogP contribution in [0.25, 0.3) is 0 Å². The van der Waals surface area contributed by atoms with Gasteiger partial charge in [-0.05, 0) is 25.0 Å². The van der Waals surface area contributed by atoms with Gasteiger partial charge in [-0.2, -0.15) is 0 Å². The highest BCUT2D eigenvalue weighted by Gasteiger charge is 2.49. The van der Waals surface area contributed by atoms with Gasteiger partial charge in [-0.25, -0.2) is 4.90 Å². The lowest BCUT2D eigenvalue weighted by Crippen LogP contribution is -2.47. The highest BCUT2D eigenvalue weighted by Crippen LogP contribution is 2.42. The number of anilines is 2. The Labute approximate surface area is 169 Å². The van der Waals surface area contributed by atoms with Gasteiger partial charge >= 0.3 is 0 Å². The van der Waals surface area contributed by atoms with E-state index in [9.17, 15) is 19.7 Å². The molecule has 2 aliphatic heterocycles. The van der Waals surface area contributed by atoms with Crippen LogP contribution >= 0.6 is 0 Å². The van der Waals surface area contributed by atoms with Gasteiger partial charge < -0.3 is 10.0 Å². The SMILES string of the molecule is O=C1[C@H]2CCCC[C@H]2C(=O)N1c1ccc(N2CCN(CCO)CC2)c([N+](=O)[O-])c1. The van der Waals surface area contributed by atoms with Crippen molar-refractivity contribution in [3.05, 3.63) is 28.3 Å². The van der Waals surface area contributed by atoms with Gasteiger partial charge in [0.25, 0.3) is 5.69 Å². The zero-order chi connectivity index (χ0) is 20.5. The van der Waals surface area contributed by atoms with Crippen LogP contribution < -0.4 is 9.80 Å². The first-order chi connectivity index (χ1) is 14.0. The number of aliphatic hydroxyl groups is 1. The molecule has 1 aromatic rings. The van der Waals surface area contributed by atoms with E-state index in [0.717, 1.165) is 17.7 Å². The van der Waals surface area contributed by atoms with Crippen LogP contribution in [0.2, 0.25) is 0 Å². The standard InChI is InChI=1S/C20H26N4O5/c25-12-11-21-7-9-22(10-8-21)17-6-5-14(13-18(17)24(28)29)23-19(26)15-3-1-2-4-16(15)20(23)27/h5-6,13,15-16,25H,1-4,7-12H2/t15-,16+. The topological polar surface area (TPSA) is 107 Å². The number of imide groups is 1. The molecule has 9 nitrogen and oxygen atoms in total. The minimum Gasteiger partial charge on any atom is -0.395 e. The second kappa shape index (κ2) is 8.08. The van der Waals surface area contributed by atoms with Crippen LogP contribution in [0.1, 0.15) is 25.7 Å². The maximum atomic E-state index is 12.8. The van der Waals surface area contributed by atoms with Crippen molar-refractivity contribution < 1.29 is 19.6 Å². The van der Waals surface area contributed by atoms with Crippen molar-refractivity contribution in [3.63, 3.8) is 0 Å². The van der Waals surface area contributed by atoms with E-state index in [1.54, 1.807) is 12.1 Å². The number of benzene rings is 1. The van der Waals surface area contributed by atoms with Crippen LogP contribution in [0.3, 0.4) is 0 Å². The molecule has 3 aliphatic rings. The molecule has 1 N–H and O–H groups in total. The number of hydrogen-bond acceptors (Lipinski definition) is 7. The van der Waals surface area contributed by atoms with E-state index in [4.69, 9.17) is 5.11 Å². The third kappa shape index (κ3) is 3.60. The van der Waals surface area contributed by atoms with Crippen molar-refractivity contribution in [2.24, 2.45) is 11.8 Å². The first-order valence-electron chi connectivity index (χ1n) is 10.3. The van der Waals surface area contributed by atoms with Gasteiger partial charge in [-0.1, -0.05) is 12.8 Å². The molecule has 1 aromatic carbocycles. The quantitative estimate of drug-likeness (QED) is 0.450. The summed E-state index contributed by atoms with van der Waals surface area (Å²) in [5, 5.41) is 20.8. The number of carbonyl (C=O) groups is 2. The molecule has 0 spiro atoms. The number of nitro groups is 1. The second-order valence-electron chi connectivity index (χ2n) is 7.99. The molecule has 3 fully saturated rings. The smallest absolute Gasteiger partial charge is 0.294 e. The zero-order valence-electron chi connectivity index (χ0n) is 16.3. The number of rotatable bonds is 5. The lowest BCUT2D eigenvalue weighted by molar-refractivity contribution is -0.384. The largest absolute Gasteiger partial charge is 0.395 e. The summed E-state index contributed by atoms with van der Waals surface area (Å²) in [6.45, 7) is 3.35. The van der Waals surface area contributed by atoms with E-state index in [1.165, 1.54) is 6.07 Å². The van der Waals surface area contributed by atoms with Crippen LogP contribution in [-0.4, -0.2) is 66.1 Å². The molecule has 29 heavy (non-hydrogen) atoms. The third-order valence-corrected chi connectivity index (χ3v) is 6.38. The van der Waals surface area contributed by atoms with Gasteiger partial charge in [0.15, 0.2) is 0 Å². The minimum absolute atomic E-state index is 0.0893. The number of nitrogens with zero attached hydrogens (tertiary/aromatic N) is 4. The van der Waals surface area contributed by atoms with E-state index in [0.29, 0.717) is 56.9 Å². The summed E-state index contributed by atoms with van der Waals surface area (Å²) in [4.78, 5) is 42.2. The average molecular weight is 402 g/mol. The molecule has 0 bridgehead atoms. The summed E-state index contributed by atoms with van der Waals surface area (Å²) in [6.07, 6.45) is 3.30. The van der Waals surface area contributed by atoms with Gasteiger partial charge in [-0.15, -0.1) is 0 Å². The molecule has 2 saturated heterocycles. The number of β-amino-alcohol motifs (C(OH)–C–C–N with tert-alkyl or cyclic N) is 1. The molecule has 2 amide bonds. The van der Waals surface area contributed by atoms with Crippen LogP contribution in [0, 0.1) is 22.0 Å². The summed E-state index contributed by atoms with van der Waals surface area (Å²) in [6, 6.07) is 4.66. The minimum atomic E-state index is -0.447. The third-order valence-electron chi connectivity index (χ3n) is 6.38. The van der Waals surface area contributed by atoms with Crippen molar-refractivity contribution in [1.29, 1.82) is 0 Å². The lowest BCUT2D eigenvalue weighted by Gasteiger charge is -2.35. The molecule has 4 rings (SSSR count). The predicted octanol–water partition coefficient (Wildman–Crippen LogP) is 1.39. The number of amides is 2. The summed E-state index contributed by atoms with van der Waals surface area (Å²) in [5.74, 6) is -1.01. The summed E-state index contributed by atoms with van der Waals surface area (Å²) in [5.41, 5.74) is 0.705. The highest BCUT2D eigenvalue weighted by molar-refractivity contribution is 6.22. The lowest BCUT2D eigenvalue weighted by atomic mass is 9.81. The Bertz CT molecular complexity index is 797. The van der Waals surface area contributed by atoms with Crippen molar-refractivity contribution in [3.8, 4) is 0 Å². The Morgan fingerprint density at radius 1 is 1.03 bits per heavy atom. The monoisotopic (exact) mass is 402 g/mol. The maximum absolute atomic E-state index is 12.8. The van der Waals surface area contributed by atoms with Crippen molar-refractivity contribution in [1.82, 2.24) is 4.90 Å². The Hall–Kier alpha value is -2.52. The van der Waals surface area contributed by atoms with Gasteiger partial charge in [0.2, 0.25) is 11.8 Å². The second-order valence-corrected chi connectivity index (χ2v) is 7.99. The van der Waals surface area contributed by atoms with E-state index < -0.39 is 4.92 Å². The number of nitro benzene ring substituents is 1. The van der Waals surface area contributed by atoms with Gasteiger partial charge in [0.1, 0.15) is 5.69 Å². The molecule has 0 unspecified atom stereocenters. The number of carbonyl (C=O) groups excluding carboxylic acids is 2. The Kier molecular flexibility index (Phi) is 5.51. The first kappa shape index (κ1) is 19.8. The Morgan fingerprint density at radius 3 is 2.21 bits per heavy atom.